The van der Waals surface area contributed by atoms with Gasteiger partial charge in [0, 0.05) is 19.6 Å². The highest BCUT2D eigenvalue weighted by atomic mass is 35.5. The summed E-state index contributed by atoms with van der Waals surface area (Å²) in [5.74, 6) is 1.42. The van der Waals surface area contributed by atoms with Crippen LogP contribution < -0.4 is 16.0 Å². The molecule has 1 saturated carbocycles. The van der Waals surface area contributed by atoms with Crippen molar-refractivity contribution in [2.45, 2.75) is 76.8 Å². The van der Waals surface area contributed by atoms with Gasteiger partial charge in [0.25, 0.3) is 0 Å². The molecule has 3 unspecified atom stereocenters. The van der Waals surface area contributed by atoms with Crippen LogP contribution in [0.5, 0.6) is 0 Å². The number of carbonyl (C=O) groups excluding carboxylic acids is 2. The molecule has 7 heteroatoms. The second-order valence-corrected chi connectivity index (χ2v) is 8.82. The lowest BCUT2D eigenvalue weighted by molar-refractivity contribution is -0.127. The summed E-state index contributed by atoms with van der Waals surface area (Å²) in [7, 11) is 0. The molecular weight excluding hydrogens is 376 g/mol. The van der Waals surface area contributed by atoms with Gasteiger partial charge in [-0.3, -0.25) is 14.5 Å². The van der Waals surface area contributed by atoms with Crippen LogP contribution in [0.2, 0.25) is 0 Å². The van der Waals surface area contributed by atoms with Gasteiger partial charge in [-0.15, -0.1) is 12.4 Å². The van der Waals surface area contributed by atoms with Crippen molar-refractivity contribution < 1.29 is 9.59 Å². The molecular formula is C21H39ClN4O2. The summed E-state index contributed by atoms with van der Waals surface area (Å²) < 4.78 is 0. The van der Waals surface area contributed by atoms with Crippen molar-refractivity contribution in [3.63, 3.8) is 0 Å². The first-order valence-corrected chi connectivity index (χ1v) is 11.2. The monoisotopic (exact) mass is 414 g/mol. The fourth-order valence-corrected chi connectivity index (χ4v) is 4.84. The molecule has 0 radical (unpaired) electrons. The molecule has 2 heterocycles. The van der Waals surface area contributed by atoms with E-state index in [2.05, 4.69) is 20.9 Å². The van der Waals surface area contributed by atoms with E-state index in [0.29, 0.717) is 11.8 Å². The van der Waals surface area contributed by atoms with Crippen LogP contribution in [-0.2, 0) is 9.59 Å². The highest BCUT2D eigenvalue weighted by Gasteiger charge is 2.29. The molecule has 3 N–H and O–H groups in total. The number of hydrogen-bond acceptors (Lipinski definition) is 4. The van der Waals surface area contributed by atoms with Gasteiger partial charge in [-0.2, -0.15) is 0 Å². The Hall–Kier alpha value is -0.850. The van der Waals surface area contributed by atoms with Gasteiger partial charge < -0.3 is 16.0 Å². The lowest BCUT2D eigenvalue weighted by Crippen LogP contribution is -2.51. The lowest BCUT2D eigenvalue weighted by atomic mass is 9.89. The first kappa shape index (κ1) is 23.4. The Balaban J connectivity index is 0.00000280. The number of nitrogens with one attached hydrogen (secondary N) is 3. The van der Waals surface area contributed by atoms with Crippen molar-refractivity contribution in [3.05, 3.63) is 0 Å². The van der Waals surface area contributed by atoms with E-state index in [1.54, 1.807) is 0 Å². The summed E-state index contributed by atoms with van der Waals surface area (Å²) in [6, 6.07) is -0.0854. The Morgan fingerprint density at radius 1 is 0.964 bits per heavy atom. The van der Waals surface area contributed by atoms with E-state index < -0.39 is 0 Å². The third-order valence-corrected chi connectivity index (χ3v) is 6.71. The largest absolute Gasteiger partial charge is 0.354 e. The predicted molar refractivity (Wildman–Crippen MR) is 115 cm³/mol. The Kier molecular flexibility index (Phi) is 10.0. The Labute approximate surface area is 176 Å². The third-order valence-electron chi connectivity index (χ3n) is 6.71. The van der Waals surface area contributed by atoms with Crippen molar-refractivity contribution in [1.82, 2.24) is 20.9 Å². The first-order chi connectivity index (χ1) is 13.1. The minimum absolute atomic E-state index is 0. The van der Waals surface area contributed by atoms with Crippen LogP contribution in [0.1, 0.15) is 64.7 Å². The smallest absolute Gasteiger partial charge is 0.237 e. The first-order valence-electron chi connectivity index (χ1n) is 11.2. The van der Waals surface area contributed by atoms with E-state index in [0.717, 1.165) is 58.4 Å². The average molecular weight is 415 g/mol. The minimum atomic E-state index is -0.0800. The van der Waals surface area contributed by atoms with Gasteiger partial charge in [0.05, 0.1) is 12.1 Å². The van der Waals surface area contributed by atoms with Gasteiger partial charge in [0.2, 0.25) is 11.8 Å². The van der Waals surface area contributed by atoms with Crippen LogP contribution in [0.3, 0.4) is 0 Å². The third kappa shape index (κ3) is 6.89. The Morgan fingerprint density at radius 2 is 1.68 bits per heavy atom. The minimum Gasteiger partial charge on any atom is -0.354 e. The summed E-state index contributed by atoms with van der Waals surface area (Å²) in [6.07, 6.45) is 10.8. The number of nitrogens with zero attached hydrogens (tertiary/aromatic N) is 1. The second kappa shape index (κ2) is 12.0. The number of likely N-dealkylation sites (tertiary alicyclic amines) is 1. The zero-order valence-corrected chi connectivity index (χ0v) is 18.2. The number of piperidine rings is 1. The van der Waals surface area contributed by atoms with Gasteiger partial charge in [-0.05, 0) is 70.4 Å². The van der Waals surface area contributed by atoms with Crippen molar-refractivity contribution in [1.29, 1.82) is 0 Å². The fourth-order valence-electron chi connectivity index (χ4n) is 4.84. The van der Waals surface area contributed by atoms with Gasteiger partial charge in [0.1, 0.15) is 0 Å². The van der Waals surface area contributed by atoms with Gasteiger partial charge >= 0.3 is 0 Å². The fraction of sp³-hybridized carbons (Fsp3) is 0.905. The molecule has 1 aliphatic carbocycles. The van der Waals surface area contributed by atoms with E-state index >= 15 is 0 Å². The molecule has 3 atom stereocenters. The van der Waals surface area contributed by atoms with Gasteiger partial charge in [-0.25, -0.2) is 0 Å². The lowest BCUT2D eigenvalue weighted by Gasteiger charge is -2.36. The maximum Gasteiger partial charge on any atom is 0.237 e. The zero-order valence-electron chi connectivity index (χ0n) is 17.4. The topological polar surface area (TPSA) is 73.5 Å². The molecule has 0 spiro atoms. The van der Waals surface area contributed by atoms with Crippen molar-refractivity contribution >= 4 is 24.2 Å². The number of carbonyl (C=O) groups is 2. The standard InChI is InChI=1S/C21H38N4O2.ClH/c1-16(20(26)23-13-17-7-3-2-4-8-17)25-12-6-9-18(15-25)14-24-21(27)19-10-5-11-22-19;/h16-19,22H,2-15H2,1H3,(H,23,26)(H,24,27);1H. The summed E-state index contributed by atoms with van der Waals surface area (Å²) >= 11 is 0. The molecule has 3 fully saturated rings. The predicted octanol–water partition coefficient (Wildman–Crippen LogP) is 2.07. The number of rotatable bonds is 7. The maximum absolute atomic E-state index is 12.6. The Bertz CT molecular complexity index is 493. The Morgan fingerprint density at radius 3 is 2.39 bits per heavy atom. The molecule has 28 heavy (non-hydrogen) atoms. The van der Waals surface area contributed by atoms with Crippen LogP contribution in [-0.4, -0.2) is 61.5 Å². The number of halogens is 1. The van der Waals surface area contributed by atoms with Crippen molar-refractivity contribution in [2.24, 2.45) is 11.8 Å². The quantitative estimate of drug-likeness (QED) is 0.596. The highest BCUT2D eigenvalue weighted by molar-refractivity contribution is 5.85. The molecule has 0 aromatic rings. The molecule has 0 aromatic heterocycles. The molecule has 0 bridgehead atoms. The number of amides is 2. The molecule has 3 rings (SSSR count). The molecule has 2 aliphatic heterocycles. The van der Waals surface area contributed by atoms with Crippen LogP contribution in [0.4, 0.5) is 0 Å². The van der Waals surface area contributed by atoms with Gasteiger partial charge in [-0.1, -0.05) is 19.3 Å². The normalized spacial score (nSPS) is 27.6. The van der Waals surface area contributed by atoms with E-state index in [-0.39, 0.29) is 36.3 Å². The average Bonchev–Trinajstić information content (AvgIpc) is 3.25. The molecule has 2 saturated heterocycles. The van der Waals surface area contributed by atoms with E-state index in [9.17, 15) is 9.59 Å². The van der Waals surface area contributed by atoms with Crippen LogP contribution >= 0.6 is 12.4 Å². The molecule has 162 valence electrons. The SMILES string of the molecule is CC(C(=O)NCC1CCCCC1)N1CCCC(CNC(=O)C2CCCN2)C1.Cl. The van der Waals surface area contributed by atoms with Crippen LogP contribution in [0.15, 0.2) is 0 Å². The number of hydrogen-bond donors (Lipinski definition) is 3. The second-order valence-electron chi connectivity index (χ2n) is 8.82. The molecule has 0 aromatic carbocycles. The summed E-state index contributed by atoms with van der Waals surface area (Å²) in [6.45, 7) is 6.42. The summed E-state index contributed by atoms with van der Waals surface area (Å²) in [5.41, 5.74) is 0. The highest BCUT2D eigenvalue weighted by Crippen LogP contribution is 2.23. The maximum atomic E-state index is 12.6. The van der Waals surface area contributed by atoms with Gasteiger partial charge in [0.15, 0.2) is 0 Å². The van der Waals surface area contributed by atoms with E-state index in [1.165, 1.54) is 32.1 Å². The van der Waals surface area contributed by atoms with Crippen LogP contribution in [0.25, 0.3) is 0 Å². The molecule has 2 amide bonds. The van der Waals surface area contributed by atoms with E-state index in [4.69, 9.17) is 0 Å². The summed E-state index contributed by atoms with van der Waals surface area (Å²) in [4.78, 5) is 27.1. The molecule has 6 nitrogen and oxygen atoms in total. The zero-order chi connectivity index (χ0) is 19.1. The van der Waals surface area contributed by atoms with Crippen LogP contribution in [0, 0.1) is 11.8 Å². The van der Waals surface area contributed by atoms with E-state index in [1.807, 2.05) is 6.92 Å². The van der Waals surface area contributed by atoms with Crippen molar-refractivity contribution in [2.75, 3.05) is 32.7 Å². The molecule has 3 aliphatic rings. The summed E-state index contributed by atoms with van der Waals surface area (Å²) in [5, 5.41) is 9.57. The van der Waals surface area contributed by atoms with Crippen molar-refractivity contribution in [3.8, 4) is 0 Å².